The molecule has 13 heavy (non-hydrogen) atoms. The largest absolute Gasteiger partial charge is 0.440 e. The molecule has 0 bridgehead atoms. The summed E-state index contributed by atoms with van der Waals surface area (Å²) in [5.41, 5.74) is 1.31. The number of thioether (sulfide) groups is 1. The Bertz CT molecular complexity index is 279. The first kappa shape index (κ1) is 10.5. The molecule has 0 amide bonds. The first-order chi connectivity index (χ1) is 6.26. The highest BCUT2D eigenvalue weighted by Crippen LogP contribution is 2.15. The van der Waals surface area contributed by atoms with Crippen molar-refractivity contribution in [1.29, 1.82) is 0 Å². The maximum Gasteiger partial charge on any atom is 0.225 e. The number of ether oxygens (including phenoxy) is 1. The van der Waals surface area contributed by atoms with Crippen molar-refractivity contribution < 1.29 is 4.74 Å². The first-order valence-corrected chi connectivity index (χ1v) is 5.74. The normalized spacial score (nSPS) is 9.69. The third-order valence-electron chi connectivity index (χ3n) is 1.70. The maximum absolute atomic E-state index is 5.36. The molecule has 0 aliphatic rings. The molecule has 1 aromatic rings. The molecular weight excluding hydrogens is 200 g/mol. The topological polar surface area (TPSA) is 9.23 Å². The van der Waals surface area contributed by atoms with Crippen molar-refractivity contribution in [2.45, 2.75) is 13.3 Å². The number of thiocarbonyl (C=S) groups is 1. The molecule has 0 saturated heterocycles. The van der Waals surface area contributed by atoms with E-state index in [-0.39, 0.29) is 0 Å². The van der Waals surface area contributed by atoms with Crippen molar-refractivity contribution in [3.05, 3.63) is 29.8 Å². The lowest BCUT2D eigenvalue weighted by Crippen LogP contribution is -1.98. The van der Waals surface area contributed by atoms with Crippen molar-refractivity contribution >= 4 is 28.4 Å². The van der Waals surface area contributed by atoms with Gasteiger partial charge in [-0.25, -0.2) is 0 Å². The summed E-state index contributed by atoms with van der Waals surface area (Å²) in [4.78, 5) is 0. The third-order valence-corrected chi connectivity index (χ3v) is 2.70. The van der Waals surface area contributed by atoms with E-state index in [0.717, 1.165) is 12.2 Å². The van der Waals surface area contributed by atoms with Crippen LogP contribution in [0.25, 0.3) is 0 Å². The van der Waals surface area contributed by atoms with Gasteiger partial charge in [-0.15, -0.1) is 0 Å². The molecule has 0 saturated carbocycles. The zero-order valence-corrected chi connectivity index (χ0v) is 9.37. The summed E-state index contributed by atoms with van der Waals surface area (Å²) in [6.07, 6.45) is 2.95. The van der Waals surface area contributed by atoms with Crippen LogP contribution in [0.5, 0.6) is 5.75 Å². The molecule has 0 aliphatic carbocycles. The summed E-state index contributed by atoms with van der Waals surface area (Å²) in [5, 5.41) is 0. The van der Waals surface area contributed by atoms with Gasteiger partial charge in [0.2, 0.25) is 4.38 Å². The number of hydrogen-bond acceptors (Lipinski definition) is 3. The highest BCUT2D eigenvalue weighted by molar-refractivity contribution is 8.22. The molecule has 0 radical (unpaired) electrons. The van der Waals surface area contributed by atoms with E-state index in [1.54, 1.807) is 0 Å². The van der Waals surface area contributed by atoms with E-state index in [4.69, 9.17) is 17.0 Å². The molecule has 0 N–H and O–H groups in total. The van der Waals surface area contributed by atoms with Crippen LogP contribution in [0.2, 0.25) is 0 Å². The van der Waals surface area contributed by atoms with E-state index in [9.17, 15) is 0 Å². The Kier molecular flexibility index (Phi) is 4.25. The Balaban J connectivity index is 2.64. The van der Waals surface area contributed by atoms with Crippen molar-refractivity contribution in [3.8, 4) is 5.75 Å². The Hall–Kier alpha value is -0.540. The predicted octanol–water partition coefficient (Wildman–Crippen LogP) is 3.28. The zero-order valence-electron chi connectivity index (χ0n) is 7.74. The second kappa shape index (κ2) is 5.25. The van der Waals surface area contributed by atoms with Crippen LogP contribution in [0.1, 0.15) is 12.5 Å². The molecule has 1 nitrogen and oxygen atoms in total. The van der Waals surface area contributed by atoms with Crippen LogP contribution in [0.15, 0.2) is 24.3 Å². The lowest BCUT2D eigenvalue weighted by Gasteiger charge is -2.04. The number of rotatable bonds is 2. The minimum Gasteiger partial charge on any atom is -0.440 e. The highest BCUT2D eigenvalue weighted by atomic mass is 32.2. The molecule has 0 spiro atoms. The molecule has 1 aromatic carbocycles. The summed E-state index contributed by atoms with van der Waals surface area (Å²) in [6, 6.07) is 8.00. The Morgan fingerprint density at radius 2 is 2.00 bits per heavy atom. The van der Waals surface area contributed by atoms with E-state index >= 15 is 0 Å². The van der Waals surface area contributed by atoms with Crippen molar-refractivity contribution in [3.63, 3.8) is 0 Å². The van der Waals surface area contributed by atoms with Crippen LogP contribution in [0.4, 0.5) is 0 Å². The molecular formula is C10H12OS2. The van der Waals surface area contributed by atoms with Crippen molar-refractivity contribution in [2.75, 3.05) is 6.26 Å². The second-order valence-corrected chi connectivity index (χ2v) is 3.96. The van der Waals surface area contributed by atoms with Crippen LogP contribution in [0.3, 0.4) is 0 Å². The molecule has 0 heterocycles. The van der Waals surface area contributed by atoms with Gasteiger partial charge < -0.3 is 4.74 Å². The van der Waals surface area contributed by atoms with E-state index in [2.05, 4.69) is 19.1 Å². The molecule has 0 fully saturated rings. The third kappa shape index (κ3) is 3.36. The minimum atomic E-state index is 0.559. The fourth-order valence-electron chi connectivity index (χ4n) is 0.931. The fourth-order valence-corrected chi connectivity index (χ4v) is 1.21. The average Bonchev–Trinajstić information content (AvgIpc) is 2.19. The summed E-state index contributed by atoms with van der Waals surface area (Å²) >= 11 is 6.38. The second-order valence-electron chi connectivity index (χ2n) is 2.55. The van der Waals surface area contributed by atoms with Crippen LogP contribution >= 0.6 is 24.0 Å². The standard InChI is InChI=1S/C10H12OS2/c1-3-8-4-6-9(7-5-8)11-10(12)13-2/h4-7H,3H2,1-2H3. The van der Waals surface area contributed by atoms with Gasteiger partial charge in [-0.05, 0) is 42.6 Å². The van der Waals surface area contributed by atoms with Crippen LogP contribution < -0.4 is 4.74 Å². The van der Waals surface area contributed by atoms with Crippen LogP contribution in [-0.2, 0) is 6.42 Å². The molecule has 70 valence electrons. The lowest BCUT2D eigenvalue weighted by atomic mass is 10.2. The van der Waals surface area contributed by atoms with Gasteiger partial charge in [0, 0.05) is 0 Å². The molecule has 3 heteroatoms. The van der Waals surface area contributed by atoms with Crippen LogP contribution in [-0.4, -0.2) is 10.6 Å². The minimum absolute atomic E-state index is 0.559. The van der Waals surface area contributed by atoms with Gasteiger partial charge in [0.05, 0.1) is 0 Å². The van der Waals surface area contributed by atoms with E-state index < -0.39 is 0 Å². The lowest BCUT2D eigenvalue weighted by molar-refractivity contribution is 0.579. The van der Waals surface area contributed by atoms with Crippen molar-refractivity contribution in [1.82, 2.24) is 0 Å². The predicted molar refractivity (Wildman–Crippen MR) is 62.6 cm³/mol. The molecule has 0 unspecified atom stereocenters. The van der Waals surface area contributed by atoms with E-state index in [1.807, 2.05) is 18.4 Å². The number of aryl methyl sites for hydroxylation is 1. The SMILES string of the molecule is CCc1ccc(OC(=S)SC)cc1. The first-order valence-electron chi connectivity index (χ1n) is 4.11. The summed E-state index contributed by atoms with van der Waals surface area (Å²) in [5.74, 6) is 0.816. The summed E-state index contributed by atoms with van der Waals surface area (Å²) in [7, 11) is 0. The van der Waals surface area contributed by atoms with Crippen molar-refractivity contribution in [2.24, 2.45) is 0 Å². The van der Waals surface area contributed by atoms with Gasteiger partial charge in [0.15, 0.2) is 0 Å². The van der Waals surface area contributed by atoms with Gasteiger partial charge in [-0.2, -0.15) is 0 Å². The van der Waals surface area contributed by atoms with E-state index in [1.165, 1.54) is 17.3 Å². The maximum atomic E-state index is 5.36. The monoisotopic (exact) mass is 212 g/mol. The van der Waals surface area contributed by atoms with E-state index in [0.29, 0.717) is 4.38 Å². The van der Waals surface area contributed by atoms with Gasteiger partial charge >= 0.3 is 0 Å². The fraction of sp³-hybridized carbons (Fsp3) is 0.300. The van der Waals surface area contributed by atoms with Gasteiger partial charge in [-0.3, -0.25) is 0 Å². The molecule has 1 rings (SSSR count). The van der Waals surface area contributed by atoms with Gasteiger partial charge in [-0.1, -0.05) is 30.8 Å². The molecule has 0 atom stereocenters. The quantitative estimate of drug-likeness (QED) is 0.696. The van der Waals surface area contributed by atoms with Crippen LogP contribution in [0, 0.1) is 0 Å². The zero-order chi connectivity index (χ0) is 9.68. The Morgan fingerprint density at radius 3 is 2.46 bits per heavy atom. The highest BCUT2D eigenvalue weighted by Gasteiger charge is 1.97. The molecule has 0 aromatic heterocycles. The van der Waals surface area contributed by atoms with Gasteiger partial charge in [0.1, 0.15) is 5.75 Å². The number of hydrogen-bond donors (Lipinski definition) is 0. The smallest absolute Gasteiger partial charge is 0.225 e. The summed E-state index contributed by atoms with van der Waals surface area (Å²) < 4.78 is 5.92. The summed E-state index contributed by atoms with van der Waals surface area (Å²) in [6.45, 7) is 2.13. The average molecular weight is 212 g/mol. The number of benzene rings is 1. The Morgan fingerprint density at radius 1 is 1.38 bits per heavy atom. The van der Waals surface area contributed by atoms with Gasteiger partial charge in [0.25, 0.3) is 0 Å². The molecule has 0 aliphatic heterocycles. The Labute approximate surface area is 88.5 Å².